The molecule has 2 heterocycles. The van der Waals surface area contributed by atoms with Gasteiger partial charge >= 0.3 is 0 Å². The van der Waals surface area contributed by atoms with Crippen LogP contribution in [0.5, 0.6) is 0 Å². The first-order valence-corrected chi connectivity index (χ1v) is 6.91. The van der Waals surface area contributed by atoms with Crippen molar-refractivity contribution in [3.8, 4) is 11.3 Å². The zero-order valence-corrected chi connectivity index (χ0v) is 11.2. The average molecular weight is 286 g/mol. The maximum Gasteiger partial charge on any atom is 0.142 e. The summed E-state index contributed by atoms with van der Waals surface area (Å²) in [7, 11) is 0. The molecule has 1 N–H and O–H groups in total. The molecule has 0 aliphatic heterocycles. The van der Waals surface area contributed by atoms with Crippen LogP contribution in [0, 0.1) is 5.82 Å². The SMILES string of the molecule is OC(c1ccccc1)c1nc(-c2cncc(F)c2)cs1. The summed E-state index contributed by atoms with van der Waals surface area (Å²) in [5.41, 5.74) is 2.01. The van der Waals surface area contributed by atoms with Gasteiger partial charge in [0.2, 0.25) is 0 Å². The van der Waals surface area contributed by atoms with Crippen LogP contribution in [-0.4, -0.2) is 15.1 Å². The van der Waals surface area contributed by atoms with Gasteiger partial charge in [-0.15, -0.1) is 11.3 Å². The third-order valence-electron chi connectivity index (χ3n) is 2.87. The maximum atomic E-state index is 13.1. The number of aromatic nitrogens is 2. The highest BCUT2D eigenvalue weighted by atomic mass is 32.1. The molecule has 0 saturated carbocycles. The molecule has 2 aromatic heterocycles. The molecule has 0 fully saturated rings. The average Bonchev–Trinajstić information content (AvgIpc) is 2.97. The summed E-state index contributed by atoms with van der Waals surface area (Å²) in [6, 6.07) is 10.7. The second-order valence-corrected chi connectivity index (χ2v) is 5.17. The molecule has 5 heteroatoms. The predicted octanol–water partition coefficient (Wildman–Crippen LogP) is 3.43. The summed E-state index contributed by atoms with van der Waals surface area (Å²) >= 11 is 1.34. The van der Waals surface area contributed by atoms with Gasteiger partial charge in [0.1, 0.15) is 16.9 Å². The van der Waals surface area contributed by atoms with E-state index in [1.54, 1.807) is 11.6 Å². The minimum atomic E-state index is -0.767. The standard InChI is InChI=1S/C15H11FN2OS/c16-12-6-11(7-17-8-12)13-9-20-15(18-13)14(19)10-4-2-1-3-5-10/h1-9,14,19H. The molecular formula is C15H11FN2OS. The number of rotatable bonds is 3. The van der Waals surface area contributed by atoms with E-state index in [1.807, 2.05) is 30.3 Å². The van der Waals surface area contributed by atoms with Crippen LogP contribution >= 0.6 is 11.3 Å². The quantitative estimate of drug-likeness (QED) is 0.802. The van der Waals surface area contributed by atoms with Crippen molar-refractivity contribution in [1.82, 2.24) is 9.97 Å². The summed E-state index contributed by atoms with van der Waals surface area (Å²) in [5.74, 6) is -0.402. The molecule has 1 atom stereocenters. The van der Waals surface area contributed by atoms with Crippen LogP contribution in [0.25, 0.3) is 11.3 Å². The van der Waals surface area contributed by atoms with Crippen molar-refractivity contribution in [3.63, 3.8) is 0 Å². The Morgan fingerprint density at radius 3 is 2.70 bits per heavy atom. The van der Waals surface area contributed by atoms with E-state index in [0.29, 0.717) is 16.3 Å². The number of nitrogens with zero attached hydrogens (tertiary/aromatic N) is 2. The minimum Gasteiger partial charge on any atom is -0.381 e. The number of halogens is 1. The van der Waals surface area contributed by atoms with Crippen LogP contribution in [-0.2, 0) is 0 Å². The molecule has 1 unspecified atom stereocenters. The number of aliphatic hydroxyl groups is 1. The first kappa shape index (κ1) is 12.9. The van der Waals surface area contributed by atoms with Gasteiger partial charge in [0, 0.05) is 17.1 Å². The first-order chi connectivity index (χ1) is 9.74. The van der Waals surface area contributed by atoms with Crippen LogP contribution in [0.3, 0.4) is 0 Å². The van der Waals surface area contributed by atoms with Crippen molar-refractivity contribution in [2.45, 2.75) is 6.10 Å². The predicted molar refractivity (Wildman–Crippen MR) is 75.8 cm³/mol. The van der Waals surface area contributed by atoms with Crippen molar-refractivity contribution in [3.05, 3.63) is 70.6 Å². The topological polar surface area (TPSA) is 46.0 Å². The molecule has 1 aromatic carbocycles. The lowest BCUT2D eigenvalue weighted by atomic mass is 10.1. The number of hydrogen-bond acceptors (Lipinski definition) is 4. The van der Waals surface area contributed by atoms with Gasteiger partial charge in [-0.05, 0) is 11.6 Å². The van der Waals surface area contributed by atoms with E-state index in [0.717, 1.165) is 11.8 Å². The van der Waals surface area contributed by atoms with Gasteiger partial charge in [0.25, 0.3) is 0 Å². The molecule has 3 rings (SSSR count). The molecule has 0 bridgehead atoms. The normalized spacial score (nSPS) is 12.3. The number of benzene rings is 1. The number of pyridine rings is 1. The summed E-state index contributed by atoms with van der Waals surface area (Å²) in [4.78, 5) is 8.16. The molecular weight excluding hydrogens is 275 g/mol. The molecule has 3 nitrogen and oxygen atoms in total. The van der Waals surface area contributed by atoms with Crippen molar-refractivity contribution >= 4 is 11.3 Å². The highest BCUT2D eigenvalue weighted by molar-refractivity contribution is 7.10. The summed E-state index contributed by atoms with van der Waals surface area (Å²) in [6.07, 6.45) is 1.93. The van der Waals surface area contributed by atoms with Crippen molar-refractivity contribution < 1.29 is 9.50 Å². The second-order valence-electron chi connectivity index (χ2n) is 4.28. The number of thiazole rings is 1. The van der Waals surface area contributed by atoms with E-state index in [-0.39, 0.29) is 0 Å². The van der Waals surface area contributed by atoms with E-state index < -0.39 is 11.9 Å². The Bertz CT molecular complexity index is 715. The lowest BCUT2D eigenvalue weighted by molar-refractivity contribution is 0.220. The summed E-state index contributed by atoms with van der Waals surface area (Å²) in [5, 5.41) is 12.6. The number of aliphatic hydroxyl groups excluding tert-OH is 1. The van der Waals surface area contributed by atoms with Gasteiger partial charge in [0.05, 0.1) is 11.9 Å². The van der Waals surface area contributed by atoms with Gasteiger partial charge in [-0.1, -0.05) is 30.3 Å². The lowest BCUT2D eigenvalue weighted by Crippen LogP contribution is -1.98. The Balaban J connectivity index is 1.91. The van der Waals surface area contributed by atoms with E-state index in [9.17, 15) is 9.50 Å². The Labute approximate surface area is 119 Å². The van der Waals surface area contributed by atoms with Crippen LogP contribution in [0.15, 0.2) is 54.2 Å². The van der Waals surface area contributed by atoms with E-state index in [4.69, 9.17) is 0 Å². The van der Waals surface area contributed by atoms with Gasteiger partial charge in [-0.3, -0.25) is 4.98 Å². The van der Waals surface area contributed by atoms with E-state index in [2.05, 4.69) is 9.97 Å². The fraction of sp³-hybridized carbons (Fsp3) is 0.0667. The smallest absolute Gasteiger partial charge is 0.142 e. The third-order valence-corrected chi connectivity index (χ3v) is 3.77. The first-order valence-electron chi connectivity index (χ1n) is 6.03. The molecule has 0 spiro atoms. The van der Waals surface area contributed by atoms with Crippen molar-refractivity contribution in [2.75, 3.05) is 0 Å². The van der Waals surface area contributed by atoms with Crippen LogP contribution in [0.2, 0.25) is 0 Å². The zero-order valence-electron chi connectivity index (χ0n) is 10.4. The second kappa shape index (κ2) is 5.48. The van der Waals surface area contributed by atoms with Crippen LogP contribution < -0.4 is 0 Å². The van der Waals surface area contributed by atoms with Crippen LogP contribution in [0.1, 0.15) is 16.7 Å². The largest absolute Gasteiger partial charge is 0.381 e. The van der Waals surface area contributed by atoms with E-state index in [1.165, 1.54) is 17.4 Å². The molecule has 0 aliphatic carbocycles. The number of hydrogen-bond donors (Lipinski definition) is 1. The zero-order chi connectivity index (χ0) is 13.9. The van der Waals surface area contributed by atoms with E-state index >= 15 is 0 Å². The van der Waals surface area contributed by atoms with Gasteiger partial charge in [-0.25, -0.2) is 9.37 Å². The van der Waals surface area contributed by atoms with Crippen molar-refractivity contribution in [1.29, 1.82) is 0 Å². The van der Waals surface area contributed by atoms with Gasteiger partial charge in [0.15, 0.2) is 0 Å². The Morgan fingerprint density at radius 1 is 1.15 bits per heavy atom. The maximum absolute atomic E-state index is 13.1. The Hall–Kier alpha value is -2.11. The van der Waals surface area contributed by atoms with Gasteiger partial charge < -0.3 is 5.11 Å². The Kier molecular flexibility index (Phi) is 3.54. The lowest BCUT2D eigenvalue weighted by Gasteiger charge is -2.06. The molecule has 3 aromatic rings. The molecule has 100 valence electrons. The van der Waals surface area contributed by atoms with Gasteiger partial charge in [-0.2, -0.15) is 0 Å². The molecule has 0 amide bonds. The Morgan fingerprint density at radius 2 is 1.95 bits per heavy atom. The molecule has 0 saturated heterocycles. The summed E-state index contributed by atoms with van der Waals surface area (Å²) in [6.45, 7) is 0. The fourth-order valence-corrected chi connectivity index (χ4v) is 2.71. The van der Waals surface area contributed by atoms with Crippen LogP contribution in [0.4, 0.5) is 4.39 Å². The van der Waals surface area contributed by atoms with Crippen molar-refractivity contribution in [2.24, 2.45) is 0 Å². The molecule has 0 radical (unpaired) electrons. The molecule has 20 heavy (non-hydrogen) atoms. The molecule has 0 aliphatic rings. The minimum absolute atomic E-state index is 0.402. The summed E-state index contributed by atoms with van der Waals surface area (Å²) < 4.78 is 13.1. The highest BCUT2D eigenvalue weighted by Crippen LogP contribution is 2.28. The monoisotopic (exact) mass is 286 g/mol. The third kappa shape index (κ3) is 2.59. The highest BCUT2D eigenvalue weighted by Gasteiger charge is 2.15. The fourth-order valence-electron chi connectivity index (χ4n) is 1.88.